The number of pyridine rings is 1. The molecule has 0 aliphatic heterocycles. The Bertz CT molecular complexity index is 522. The molecule has 0 amide bonds. The van der Waals surface area contributed by atoms with Crippen LogP contribution >= 0.6 is 11.6 Å². The van der Waals surface area contributed by atoms with Crippen LogP contribution < -0.4 is 11.1 Å². The van der Waals surface area contributed by atoms with Gasteiger partial charge < -0.3 is 11.1 Å². The van der Waals surface area contributed by atoms with Gasteiger partial charge in [-0.2, -0.15) is 5.10 Å². The zero-order valence-corrected chi connectivity index (χ0v) is 10.4. The van der Waals surface area contributed by atoms with Crippen molar-refractivity contribution in [1.82, 2.24) is 14.8 Å². The Hall–Kier alpha value is -1.75. The van der Waals surface area contributed by atoms with E-state index in [0.29, 0.717) is 16.7 Å². The molecule has 0 saturated heterocycles. The van der Waals surface area contributed by atoms with Gasteiger partial charge in [-0.1, -0.05) is 11.6 Å². The number of anilines is 2. The highest BCUT2D eigenvalue weighted by Gasteiger charge is 2.10. The summed E-state index contributed by atoms with van der Waals surface area (Å²) >= 11 is 5.83. The fourth-order valence-corrected chi connectivity index (χ4v) is 1.66. The van der Waals surface area contributed by atoms with Gasteiger partial charge in [-0.05, 0) is 19.1 Å². The number of hydrogen-bond donors (Lipinski definition) is 2. The van der Waals surface area contributed by atoms with Gasteiger partial charge in [-0.3, -0.25) is 4.68 Å². The number of nitrogens with zero attached hydrogens (tertiary/aromatic N) is 3. The molecule has 2 heterocycles. The summed E-state index contributed by atoms with van der Waals surface area (Å²) < 4.78 is 1.75. The maximum absolute atomic E-state index is 5.83. The van der Waals surface area contributed by atoms with E-state index in [1.807, 2.05) is 20.2 Å². The fraction of sp³-hybridized carbons (Fsp3) is 0.273. The number of aromatic nitrogens is 3. The van der Waals surface area contributed by atoms with Gasteiger partial charge in [0.05, 0.1) is 17.9 Å². The lowest BCUT2D eigenvalue weighted by Crippen LogP contribution is -2.09. The van der Waals surface area contributed by atoms with Gasteiger partial charge in [0, 0.05) is 18.8 Å². The zero-order valence-electron chi connectivity index (χ0n) is 9.68. The van der Waals surface area contributed by atoms with Crippen LogP contribution in [0.1, 0.15) is 18.5 Å². The molecule has 0 aliphatic rings. The minimum atomic E-state index is 0.0666. The molecule has 2 aromatic heterocycles. The Morgan fingerprint density at radius 1 is 1.47 bits per heavy atom. The van der Waals surface area contributed by atoms with Crippen molar-refractivity contribution >= 4 is 23.1 Å². The minimum Gasteiger partial charge on any atom is -0.396 e. The summed E-state index contributed by atoms with van der Waals surface area (Å²) in [6.07, 6.45) is 3.75. The van der Waals surface area contributed by atoms with Gasteiger partial charge in [0.15, 0.2) is 5.82 Å². The molecular weight excluding hydrogens is 238 g/mol. The van der Waals surface area contributed by atoms with Gasteiger partial charge >= 0.3 is 0 Å². The van der Waals surface area contributed by atoms with Crippen LogP contribution in [0, 0.1) is 0 Å². The highest BCUT2D eigenvalue weighted by atomic mass is 35.5. The van der Waals surface area contributed by atoms with E-state index in [2.05, 4.69) is 15.4 Å². The number of rotatable bonds is 3. The minimum absolute atomic E-state index is 0.0666. The molecule has 0 aromatic carbocycles. The molecule has 0 saturated carbocycles. The van der Waals surface area contributed by atoms with Crippen LogP contribution in [0.2, 0.25) is 5.15 Å². The molecular formula is C11H14ClN5. The van der Waals surface area contributed by atoms with Crippen molar-refractivity contribution in [1.29, 1.82) is 0 Å². The van der Waals surface area contributed by atoms with Gasteiger partial charge in [0.25, 0.3) is 0 Å². The van der Waals surface area contributed by atoms with Crippen molar-refractivity contribution in [2.24, 2.45) is 7.05 Å². The number of halogens is 1. The SMILES string of the molecule is CC(Nc1nc(Cl)ccc1N)c1cnn(C)c1. The van der Waals surface area contributed by atoms with Crippen molar-refractivity contribution in [3.63, 3.8) is 0 Å². The third-order valence-corrected chi connectivity index (χ3v) is 2.68. The molecule has 17 heavy (non-hydrogen) atoms. The summed E-state index contributed by atoms with van der Waals surface area (Å²) in [7, 11) is 1.88. The normalized spacial score (nSPS) is 12.4. The Kier molecular flexibility index (Phi) is 3.19. The van der Waals surface area contributed by atoms with E-state index < -0.39 is 0 Å². The first-order valence-corrected chi connectivity index (χ1v) is 5.61. The van der Waals surface area contributed by atoms with Crippen molar-refractivity contribution in [2.45, 2.75) is 13.0 Å². The molecule has 0 radical (unpaired) electrons. The topological polar surface area (TPSA) is 68.8 Å². The monoisotopic (exact) mass is 251 g/mol. The molecule has 0 fully saturated rings. The van der Waals surface area contributed by atoms with Gasteiger partial charge in [-0.25, -0.2) is 4.98 Å². The van der Waals surface area contributed by atoms with E-state index >= 15 is 0 Å². The van der Waals surface area contributed by atoms with Crippen molar-refractivity contribution in [3.05, 3.63) is 35.2 Å². The highest BCUT2D eigenvalue weighted by Crippen LogP contribution is 2.23. The lowest BCUT2D eigenvalue weighted by atomic mass is 10.2. The molecule has 3 N–H and O–H groups in total. The van der Waals surface area contributed by atoms with Gasteiger partial charge in [0.1, 0.15) is 5.15 Å². The Balaban J connectivity index is 2.18. The maximum atomic E-state index is 5.83. The molecule has 6 heteroatoms. The molecule has 0 spiro atoms. The van der Waals surface area contributed by atoms with Crippen LogP contribution in [0.15, 0.2) is 24.5 Å². The molecule has 5 nitrogen and oxygen atoms in total. The molecule has 1 atom stereocenters. The van der Waals surface area contributed by atoms with Crippen LogP contribution in [-0.4, -0.2) is 14.8 Å². The number of aryl methyl sites for hydroxylation is 1. The first-order chi connectivity index (χ1) is 8.06. The summed E-state index contributed by atoms with van der Waals surface area (Å²) in [6, 6.07) is 3.46. The summed E-state index contributed by atoms with van der Waals surface area (Å²) in [5.41, 5.74) is 7.45. The number of nitrogens with one attached hydrogen (secondary N) is 1. The first-order valence-electron chi connectivity index (χ1n) is 5.23. The standard InChI is InChI=1S/C11H14ClN5/c1-7(8-5-14-17(2)6-8)15-11-9(13)3-4-10(12)16-11/h3-7H,13H2,1-2H3,(H,15,16). The van der Waals surface area contributed by atoms with E-state index in [0.717, 1.165) is 5.56 Å². The second-order valence-electron chi connectivity index (χ2n) is 3.89. The Morgan fingerprint density at radius 3 is 2.88 bits per heavy atom. The third kappa shape index (κ3) is 2.68. The molecule has 2 rings (SSSR count). The van der Waals surface area contributed by atoms with E-state index in [9.17, 15) is 0 Å². The molecule has 0 bridgehead atoms. The lowest BCUT2D eigenvalue weighted by Gasteiger charge is -2.14. The number of nitrogen functional groups attached to an aromatic ring is 1. The lowest BCUT2D eigenvalue weighted by molar-refractivity contribution is 0.765. The van der Waals surface area contributed by atoms with E-state index in [1.54, 1.807) is 23.0 Å². The molecule has 1 unspecified atom stereocenters. The smallest absolute Gasteiger partial charge is 0.151 e. The van der Waals surface area contributed by atoms with Crippen LogP contribution in [0.3, 0.4) is 0 Å². The van der Waals surface area contributed by atoms with Gasteiger partial charge in [-0.15, -0.1) is 0 Å². The Morgan fingerprint density at radius 2 is 2.24 bits per heavy atom. The summed E-state index contributed by atoms with van der Waals surface area (Å²) in [6.45, 7) is 2.01. The second-order valence-corrected chi connectivity index (χ2v) is 4.27. The Labute approximate surface area is 105 Å². The van der Waals surface area contributed by atoms with Crippen LogP contribution in [0.5, 0.6) is 0 Å². The van der Waals surface area contributed by atoms with Crippen molar-refractivity contribution in [2.75, 3.05) is 11.1 Å². The van der Waals surface area contributed by atoms with Crippen molar-refractivity contribution in [3.8, 4) is 0 Å². The van der Waals surface area contributed by atoms with E-state index in [1.165, 1.54) is 0 Å². The van der Waals surface area contributed by atoms with Crippen molar-refractivity contribution < 1.29 is 0 Å². The summed E-state index contributed by atoms with van der Waals surface area (Å²) in [5.74, 6) is 0.592. The predicted molar refractivity (Wildman–Crippen MR) is 68.9 cm³/mol. The zero-order chi connectivity index (χ0) is 12.4. The van der Waals surface area contributed by atoms with E-state index in [-0.39, 0.29) is 6.04 Å². The van der Waals surface area contributed by atoms with Crippen LogP contribution in [0.4, 0.5) is 11.5 Å². The molecule has 0 aliphatic carbocycles. The number of nitrogens with two attached hydrogens (primary N) is 1. The van der Waals surface area contributed by atoms with Gasteiger partial charge in [0.2, 0.25) is 0 Å². The average Bonchev–Trinajstić information content (AvgIpc) is 2.70. The fourth-order valence-electron chi connectivity index (χ4n) is 1.51. The number of hydrogen-bond acceptors (Lipinski definition) is 4. The average molecular weight is 252 g/mol. The third-order valence-electron chi connectivity index (χ3n) is 2.47. The molecule has 90 valence electrons. The second kappa shape index (κ2) is 4.63. The summed E-state index contributed by atoms with van der Waals surface area (Å²) in [5, 5.41) is 7.74. The highest BCUT2D eigenvalue weighted by molar-refractivity contribution is 6.29. The molecule has 2 aromatic rings. The predicted octanol–water partition coefficient (Wildman–Crippen LogP) is 2.22. The van der Waals surface area contributed by atoms with Crippen LogP contribution in [0.25, 0.3) is 0 Å². The quantitative estimate of drug-likeness (QED) is 0.821. The maximum Gasteiger partial charge on any atom is 0.151 e. The van der Waals surface area contributed by atoms with E-state index in [4.69, 9.17) is 17.3 Å². The largest absolute Gasteiger partial charge is 0.396 e. The summed E-state index contributed by atoms with van der Waals surface area (Å²) in [4.78, 5) is 4.15. The first kappa shape index (κ1) is 11.7. The van der Waals surface area contributed by atoms with Crippen LogP contribution in [-0.2, 0) is 7.05 Å².